The molecule has 1 aromatic rings. The van der Waals surface area contributed by atoms with Crippen LogP contribution in [0.25, 0.3) is 0 Å². The zero-order valence-electron chi connectivity index (χ0n) is 10.3. The molecule has 0 heterocycles. The maximum Gasteiger partial charge on any atom is 0.127 e. The van der Waals surface area contributed by atoms with Crippen LogP contribution in [0.1, 0.15) is 33.6 Å². The van der Waals surface area contributed by atoms with Gasteiger partial charge < -0.3 is 11.1 Å². The molecule has 0 aromatic heterocycles. The smallest absolute Gasteiger partial charge is 0.127 e. The number of rotatable bonds is 5. The molecule has 2 unspecified atom stereocenters. The summed E-state index contributed by atoms with van der Waals surface area (Å²) < 4.78 is 13.1. The standard InChI is InChI=1S/C13H21FN2/c1-4-9(2)5-10(3)16-13-7-11(14)6-12(15)8-13/h6-10,16H,4-5,15H2,1-3H3. The van der Waals surface area contributed by atoms with Crippen LogP contribution in [0.5, 0.6) is 0 Å². The summed E-state index contributed by atoms with van der Waals surface area (Å²) >= 11 is 0. The SMILES string of the molecule is CCC(C)CC(C)Nc1cc(N)cc(F)c1. The second-order valence-corrected chi connectivity index (χ2v) is 4.57. The van der Waals surface area contributed by atoms with Crippen molar-refractivity contribution in [3.8, 4) is 0 Å². The Balaban J connectivity index is 2.58. The molecule has 90 valence electrons. The Kier molecular flexibility index (Phi) is 4.59. The van der Waals surface area contributed by atoms with Crippen molar-refractivity contribution >= 4 is 11.4 Å². The van der Waals surface area contributed by atoms with Gasteiger partial charge in [-0.2, -0.15) is 0 Å². The molecule has 2 nitrogen and oxygen atoms in total. The molecule has 0 amide bonds. The van der Waals surface area contributed by atoms with Crippen molar-refractivity contribution in [1.29, 1.82) is 0 Å². The quantitative estimate of drug-likeness (QED) is 0.749. The van der Waals surface area contributed by atoms with Gasteiger partial charge >= 0.3 is 0 Å². The second-order valence-electron chi connectivity index (χ2n) is 4.57. The van der Waals surface area contributed by atoms with Crippen molar-refractivity contribution in [3.05, 3.63) is 24.0 Å². The fourth-order valence-electron chi connectivity index (χ4n) is 1.81. The van der Waals surface area contributed by atoms with Gasteiger partial charge in [-0.15, -0.1) is 0 Å². The van der Waals surface area contributed by atoms with E-state index in [2.05, 4.69) is 26.1 Å². The minimum Gasteiger partial charge on any atom is -0.399 e. The normalized spacial score (nSPS) is 14.5. The molecule has 0 saturated heterocycles. The van der Waals surface area contributed by atoms with Crippen LogP contribution in [0.2, 0.25) is 0 Å². The average Bonchev–Trinajstić information content (AvgIpc) is 2.15. The monoisotopic (exact) mass is 224 g/mol. The third-order valence-corrected chi connectivity index (χ3v) is 2.79. The molecular weight excluding hydrogens is 203 g/mol. The van der Waals surface area contributed by atoms with Gasteiger partial charge in [-0.3, -0.25) is 0 Å². The van der Waals surface area contributed by atoms with Gasteiger partial charge in [0, 0.05) is 17.4 Å². The predicted octanol–water partition coefficient (Wildman–Crippen LogP) is 3.64. The summed E-state index contributed by atoms with van der Waals surface area (Å²) in [6.07, 6.45) is 2.24. The Bertz CT molecular complexity index is 318. The third-order valence-electron chi connectivity index (χ3n) is 2.79. The first-order chi connectivity index (χ1) is 7.51. The maximum absolute atomic E-state index is 13.1. The summed E-state index contributed by atoms with van der Waals surface area (Å²) in [5.41, 5.74) is 6.80. The minimum absolute atomic E-state index is 0.293. The lowest BCUT2D eigenvalue weighted by molar-refractivity contribution is 0.483. The fourth-order valence-corrected chi connectivity index (χ4v) is 1.81. The summed E-state index contributed by atoms with van der Waals surface area (Å²) in [6.45, 7) is 6.50. The number of anilines is 2. The van der Waals surface area contributed by atoms with Crippen molar-refractivity contribution < 1.29 is 4.39 Å². The topological polar surface area (TPSA) is 38.0 Å². The van der Waals surface area contributed by atoms with Crippen molar-refractivity contribution in [3.63, 3.8) is 0 Å². The highest BCUT2D eigenvalue weighted by Crippen LogP contribution is 2.18. The van der Waals surface area contributed by atoms with Gasteiger partial charge in [0.1, 0.15) is 5.82 Å². The van der Waals surface area contributed by atoms with Gasteiger partial charge in [0.2, 0.25) is 0 Å². The molecule has 0 fully saturated rings. The molecule has 0 aliphatic carbocycles. The summed E-state index contributed by atoms with van der Waals surface area (Å²) in [7, 11) is 0. The molecule has 3 heteroatoms. The van der Waals surface area contributed by atoms with Crippen LogP contribution in [-0.2, 0) is 0 Å². The van der Waals surface area contributed by atoms with Crippen molar-refractivity contribution in [2.45, 2.75) is 39.7 Å². The van der Waals surface area contributed by atoms with E-state index in [0.717, 1.165) is 18.5 Å². The van der Waals surface area contributed by atoms with E-state index >= 15 is 0 Å². The maximum atomic E-state index is 13.1. The van der Waals surface area contributed by atoms with Gasteiger partial charge in [0.15, 0.2) is 0 Å². The van der Waals surface area contributed by atoms with E-state index in [1.807, 2.05) is 0 Å². The Morgan fingerprint density at radius 1 is 1.31 bits per heavy atom. The lowest BCUT2D eigenvalue weighted by Crippen LogP contribution is -2.18. The van der Waals surface area contributed by atoms with Crippen molar-refractivity contribution in [2.24, 2.45) is 5.92 Å². The van der Waals surface area contributed by atoms with Gasteiger partial charge in [-0.25, -0.2) is 4.39 Å². The van der Waals surface area contributed by atoms with E-state index < -0.39 is 0 Å². The van der Waals surface area contributed by atoms with E-state index in [-0.39, 0.29) is 5.82 Å². The van der Waals surface area contributed by atoms with Crippen LogP contribution in [0.4, 0.5) is 15.8 Å². The molecule has 0 spiro atoms. The summed E-state index contributed by atoms with van der Waals surface area (Å²) in [5.74, 6) is 0.381. The van der Waals surface area contributed by atoms with Gasteiger partial charge in [-0.1, -0.05) is 20.3 Å². The molecular formula is C13H21FN2. The van der Waals surface area contributed by atoms with E-state index in [0.29, 0.717) is 17.6 Å². The molecule has 1 aromatic carbocycles. The van der Waals surface area contributed by atoms with Gasteiger partial charge in [-0.05, 0) is 37.5 Å². The molecule has 3 N–H and O–H groups in total. The van der Waals surface area contributed by atoms with Crippen LogP contribution < -0.4 is 11.1 Å². The molecule has 0 saturated carbocycles. The van der Waals surface area contributed by atoms with Crippen LogP contribution >= 0.6 is 0 Å². The van der Waals surface area contributed by atoms with E-state index in [1.54, 1.807) is 6.07 Å². The van der Waals surface area contributed by atoms with Crippen molar-refractivity contribution in [2.75, 3.05) is 11.1 Å². The zero-order chi connectivity index (χ0) is 12.1. The first kappa shape index (κ1) is 12.8. The number of hydrogen-bond acceptors (Lipinski definition) is 2. The number of hydrogen-bond donors (Lipinski definition) is 2. The van der Waals surface area contributed by atoms with Gasteiger partial charge in [0.25, 0.3) is 0 Å². The highest BCUT2D eigenvalue weighted by molar-refractivity contribution is 5.55. The first-order valence-electron chi connectivity index (χ1n) is 5.83. The minimum atomic E-state index is -0.293. The zero-order valence-corrected chi connectivity index (χ0v) is 10.3. The largest absolute Gasteiger partial charge is 0.399 e. The Labute approximate surface area is 97.0 Å². The van der Waals surface area contributed by atoms with Gasteiger partial charge in [0.05, 0.1) is 0 Å². The van der Waals surface area contributed by atoms with E-state index in [4.69, 9.17) is 5.73 Å². The molecule has 16 heavy (non-hydrogen) atoms. The number of halogens is 1. The summed E-state index contributed by atoms with van der Waals surface area (Å²) in [6, 6.07) is 4.89. The second kappa shape index (κ2) is 5.73. The first-order valence-corrected chi connectivity index (χ1v) is 5.83. The fraction of sp³-hybridized carbons (Fsp3) is 0.538. The molecule has 0 radical (unpaired) electrons. The summed E-state index contributed by atoms with van der Waals surface area (Å²) in [5, 5.41) is 3.27. The van der Waals surface area contributed by atoms with Crippen molar-refractivity contribution in [1.82, 2.24) is 0 Å². The Morgan fingerprint density at radius 2 is 2.00 bits per heavy atom. The third kappa shape index (κ3) is 4.09. The van der Waals surface area contributed by atoms with Crippen LogP contribution in [0.3, 0.4) is 0 Å². The predicted molar refractivity (Wildman–Crippen MR) is 68.0 cm³/mol. The number of nitrogens with two attached hydrogens (primary N) is 1. The Morgan fingerprint density at radius 3 is 2.56 bits per heavy atom. The molecule has 2 atom stereocenters. The number of benzene rings is 1. The highest BCUT2D eigenvalue weighted by atomic mass is 19.1. The molecule has 1 rings (SSSR count). The average molecular weight is 224 g/mol. The van der Waals surface area contributed by atoms with E-state index in [1.165, 1.54) is 12.1 Å². The lowest BCUT2D eigenvalue weighted by atomic mass is 10.0. The molecule has 0 bridgehead atoms. The van der Waals surface area contributed by atoms with Crippen LogP contribution in [0, 0.1) is 11.7 Å². The number of nitrogen functional groups attached to an aromatic ring is 1. The number of nitrogens with one attached hydrogen (secondary N) is 1. The van der Waals surface area contributed by atoms with Crippen LogP contribution in [-0.4, -0.2) is 6.04 Å². The molecule has 0 aliphatic rings. The van der Waals surface area contributed by atoms with E-state index in [9.17, 15) is 4.39 Å². The van der Waals surface area contributed by atoms with Crippen LogP contribution in [0.15, 0.2) is 18.2 Å². The summed E-state index contributed by atoms with van der Waals surface area (Å²) in [4.78, 5) is 0. The highest BCUT2D eigenvalue weighted by Gasteiger charge is 2.07. The lowest BCUT2D eigenvalue weighted by Gasteiger charge is -2.19. The molecule has 0 aliphatic heterocycles. The Hall–Kier alpha value is -1.25.